The molecule has 0 aromatic rings. The summed E-state index contributed by atoms with van der Waals surface area (Å²) in [7, 11) is 2.92. The first kappa shape index (κ1) is 13.9. The predicted molar refractivity (Wildman–Crippen MR) is 48.6 cm³/mol. The molecule has 0 aliphatic rings. The Balaban J connectivity index is 4.31. The van der Waals surface area contributed by atoms with Gasteiger partial charge in [0.2, 0.25) is 0 Å². The second-order valence-corrected chi connectivity index (χ2v) is 3.85. The fourth-order valence-corrected chi connectivity index (χ4v) is 1.10. The van der Waals surface area contributed by atoms with Crippen LogP contribution < -0.4 is 5.11 Å². The van der Waals surface area contributed by atoms with E-state index in [4.69, 9.17) is 4.74 Å². The molecule has 0 bridgehead atoms. The van der Waals surface area contributed by atoms with Gasteiger partial charge in [-0.1, -0.05) is 6.92 Å². The maximum absolute atomic E-state index is 11.0. The van der Waals surface area contributed by atoms with Crippen molar-refractivity contribution in [2.45, 2.75) is 25.9 Å². The molecule has 0 saturated heterocycles. The van der Waals surface area contributed by atoms with Gasteiger partial charge in [0.1, 0.15) is 6.54 Å². The van der Waals surface area contributed by atoms with Crippen molar-refractivity contribution in [3.8, 4) is 0 Å². The number of hydrogen-bond acceptors (Lipinski definition) is 5. The molecule has 0 aromatic carbocycles. The number of rotatable bonds is 6. The van der Waals surface area contributed by atoms with Crippen molar-refractivity contribution in [3.63, 3.8) is 0 Å². The van der Waals surface area contributed by atoms with Gasteiger partial charge in [-0.3, -0.25) is 4.79 Å². The molecule has 0 amide bonds. The third-order valence-electron chi connectivity index (χ3n) is 1.63. The second kappa shape index (κ2) is 5.67. The first-order valence-electron chi connectivity index (χ1n) is 4.69. The zero-order valence-electron chi connectivity index (χ0n) is 9.23. The maximum atomic E-state index is 11.0. The van der Waals surface area contributed by atoms with E-state index < -0.39 is 29.1 Å². The summed E-state index contributed by atoms with van der Waals surface area (Å²) >= 11 is 0. The number of quaternary nitrogens is 1. The largest absolute Gasteiger partial charge is 0.550 e. The minimum Gasteiger partial charge on any atom is -0.550 e. The molecular weight excluding hydrogens is 202 g/mol. The molecule has 0 heterocycles. The number of carbonyl (C=O) groups excluding carboxylic acids is 2. The Hall–Kier alpha value is -1.14. The molecule has 0 aliphatic heterocycles. The zero-order valence-corrected chi connectivity index (χ0v) is 9.23. The monoisotopic (exact) mass is 219 g/mol. The molecule has 0 saturated carbocycles. The van der Waals surface area contributed by atoms with Gasteiger partial charge in [0.15, 0.2) is 6.10 Å². The highest BCUT2D eigenvalue weighted by atomic mass is 16.6. The molecule has 0 fully saturated rings. The molecular formula is C9H17NO5. The standard InChI is InChI=1S/C9H17NO5/c1-4-9(13)15-7(5-8(11)12)6-10(2,3)14/h7,14H,4-6H2,1-3H3. The van der Waals surface area contributed by atoms with Crippen LogP contribution in [0.1, 0.15) is 19.8 Å². The van der Waals surface area contributed by atoms with Crippen molar-refractivity contribution in [1.29, 1.82) is 0 Å². The van der Waals surface area contributed by atoms with E-state index in [0.717, 1.165) is 0 Å². The lowest BCUT2D eigenvalue weighted by atomic mass is 10.2. The fourth-order valence-electron chi connectivity index (χ4n) is 1.10. The van der Waals surface area contributed by atoms with Gasteiger partial charge in [0, 0.05) is 18.8 Å². The highest BCUT2D eigenvalue weighted by molar-refractivity contribution is 5.70. The third kappa shape index (κ3) is 7.90. The molecule has 0 radical (unpaired) electrons. The van der Waals surface area contributed by atoms with Gasteiger partial charge in [-0.15, -0.1) is 0 Å². The van der Waals surface area contributed by atoms with Crippen LogP contribution in [0, 0.1) is 0 Å². The van der Waals surface area contributed by atoms with Gasteiger partial charge in [0.25, 0.3) is 0 Å². The Morgan fingerprint density at radius 2 is 2.00 bits per heavy atom. The van der Waals surface area contributed by atoms with E-state index in [1.165, 1.54) is 14.1 Å². The van der Waals surface area contributed by atoms with E-state index in [9.17, 15) is 19.9 Å². The summed E-state index contributed by atoms with van der Waals surface area (Å²) in [5.41, 5.74) is 0. The van der Waals surface area contributed by atoms with Crippen molar-refractivity contribution in [1.82, 2.24) is 0 Å². The lowest BCUT2D eigenvalue weighted by Gasteiger charge is -2.25. The van der Waals surface area contributed by atoms with Crippen molar-refractivity contribution in [2.75, 3.05) is 20.6 Å². The van der Waals surface area contributed by atoms with Crippen LogP contribution in [0.5, 0.6) is 0 Å². The summed E-state index contributed by atoms with van der Waals surface area (Å²) in [6.45, 7) is 1.62. The van der Waals surface area contributed by atoms with Crippen LogP contribution in [0.3, 0.4) is 0 Å². The molecule has 15 heavy (non-hydrogen) atoms. The molecule has 0 rings (SSSR count). The Morgan fingerprint density at radius 1 is 1.47 bits per heavy atom. The highest BCUT2D eigenvalue weighted by Crippen LogP contribution is 2.05. The normalized spacial score (nSPS) is 13.3. The summed E-state index contributed by atoms with van der Waals surface area (Å²) in [6.07, 6.45) is -1.10. The number of ether oxygens (including phenoxy) is 1. The topological polar surface area (TPSA) is 86.7 Å². The van der Waals surface area contributed by atoms with Crippen LogP contribution in [0.2, 0.25) is 0 Å². The molecule has 88 valence electrons. The minimum atomic E-state index is -1.31. The molecule has 0 aliphatic carbocycles. The number of nitrogens with zero attached hydrogens (tertiary/aromatic N) is 1. The summed E-state index contributed by atoms with van der Waals surface area (Å²) < 4.78 is 4.39. The third-order valence-corrected chi connectivity index (χ3v) is 1.63. The number of carbonyl (C=O) groups is 2. The van der Waals surface area contributed by atoms with Crippen LogP contribution in [0.15, 0.2) is 0 Å². The van der Waals surface area contributed by atoms with Gasteiger partial charge in [-0.2, -0.15) is 4.65 Å². The average Bonchev–Trinajstić information content (AvgIpc) is 1.99. The van der Waals surface area contributed by atoms with Crippen LogP contribution in [0.4, 0.5) is 0 Å². The molecule has 6 nitrogen and oxygen atoms in total. The zero-order chi connectivity index (χ0) is 12.1. The molecule has 1 atom stereocenters. The van der Waals surface area contributed by atoms with E-state index in [-0.39, 0.29) is 13.0 Å². The molecule has 0 spiro atoms. The lowest BCUT2D eigenvalue weighted by Crippen LogP contribution is -2.45. The maximum Gasteiger partial charge on any atom is 0.306 e. The SMILES string of the molecule is CCC(=O)OC(CC(=O)[O-])C[N+](C)(C)O. The average molecular weight is 219 g/mol. The summed E-state index contributed by atoms with van der Waals surface area (Å²) in [4.78, 5) is 21.3. The number of hydroxylamine groups is 3. The van der Waals surface area contributed by atoms with Crippen LogP contribution in [0.25, 0.3) is 0 Å². The van der Waals surface area contributed by atoms with Gasteiger partial charge in [-0.05, 0) is 0 Å². The van der Waals surface area contributed by atoms with Crippen molar-refractivity contribution >= 4 is 11.9 Å². The van der Waals surface area contributed by atoms with E-state index >= 15 is 0 Å². The van der Waals surface area contributed by atoms with Crippen LogP contribution in [-0.2, 0) is 14.3 Å². The quantitative estimate of drug-likeness (QED) is 0.348. The molecule has 1 unspecified atom stereocenters. The van der Waals surface area contributed by atoms with E-state index in [1.54, 1.807) is 6.92 Å². The van der Waals surface area contributed by atoms with Crippen molar-refractivity contribution < 1.29 is 29.3 Å². The summed E-state index contributed by atoms with van der Waals surface area (Å²) in [5, 5.41) is 19.8. The van der Waals surface area contributed by atoms with Crippen molar-refractivity contribution in [2.24, 2.45) is 0 Å². The predicted octanol–water partition coefficient (Wildman–Crippen LogP) is -1.09. The van der Waals surface area contributed by atoms with E-state index in [0.29, 0.717) is 0 Å². The van der Waals surface area contributed by atoms with Crippen molar-refractivity contribution in [3.05, 3.63) is 0 Å². The Kier molecular flexibility index (Phi) is 5.24. The Bertz CT molecular complexity index is 233. The van der Waals surface area contributed by atoms with Gasteiger partial charge in [-0.25, -0.2) is 5.21 Å². The number of carboxylic acid groups (broad SMARTS) is 1. The van der Waals surface area contributed by atoms with E-state index in [1.807, 2.05) is 0 Å². The fraction of sp³-hybridized carbons (Fsp3) is 0.778. The number of hydrogen-bond donors (Lipinski definition) is 1. The lowest BCUT2D eigenvalue weighted by molar-refractivity contribution is -1.07. The number of likely N-dealkylation sites (N-methyl/N-ethyl adjacent to an activating group) is 1. The first-order chi connectivity index (χ1) is 6.74. The summed E-state index contributed by atoms with van der Waals surface area (Å²) in [5.74, 6) is -1.80. The number of carboxylic acids is 1. The van der Waals surface area contributed by atoms with Gasteiger partial charge >= 0.3 is 5.97 Å². The number of esters is 1. The minimum absolute atomic E-state index is 0.0136. The molecule has 0 aromatic heterocycles. The number of aliphatic carboxylic acids is 1. The first-order valence-corrected chi connectivity index (χ1v) is 4.69. The molecule has 1 N–H and O–H groups in total. The second-order valence-electron chi connectivity index (χ2n) is 3.85. The highest BCUT2D eigenvalue weighted by Gasteiger charge is 2.23. The smallest absolute Gasteiger partial charge is 0.306 e. The molecule has 6 heteroatoms. The van der Waals surface area contributed by atoms with Gasteiger partial charge in [0.05, 0.1) is 14.1 Å². The van der Waals surface area contributed by atoms with Gasteiger partial charge < -0.3 is 14.6 Å². The van der Waals surface area contributed by atoms with Crippen LogP contribution in [-0.4, -0.2) is 48.5 Å². The van der Waals surface area contributed by atoms with E-state index in [2.05, 4.69) is 0 Å². The Morgan fingerprint density at radius 3 is 2.33 bits per heavy atom. The van der Waals surface area contributed by atoms with Crippen LogP contribution >= 0.6 is 0 Å². The summed E-state index contributed by atoms with van der Waals surface area (Å²) in [6, 6.07) is 0. The Labute approximate surface area is 88.6 Å².